The van der Waals surface area contributed by atoms with Gasteiger partial charge in [0.1, 0.15) is 18.1 Å². The molecular weight excluding hydrogens is 244 g/mol. The average Bonchev–Trinajstić information content (AvgIpc) is 2.47. The summed E-state index contributed by atoms with van der Waals surface area (Å²) in [5.41, 5.74) is 0.544. The van der Waals surface area contributed by atoms with Crippen molar-refractivity contribution in [1.29, 1.82) is 0 Å². The molecule has 1 aromatic heterocycles. The van der Waals surface area contributed by atoms with E-state index in [1.165, 1.54) is 32.7 Å². The number of carbonyl (C=O) groups excluding carboxylic acids is 1. The molecule has 1 atom stereocenters. The normalized spacial score (nSPS) is 23.2. The quantitative estimate of drug-likeness (QED) is 0.850. The molecule has 2 heterocycles. The van der Waals surface area contributed by atoms with Crippen LogP contribution in [-0.2, 0) is 4.79 Å². The lowest BCUT2D eigenvalue weighted by atomic mass is 9.83. The SMILES string of the molecule is COc1ncnc2c1NC(=O)C(C1CCCCC1)N2. The molecule has 102 valence electrons. The third-order valence-corrected chi connectivity index (χ3v) is 3.95. The lowest BCUT2D eigenvalue weighted by Crippen LogP contribution is -2.45. The van der Waals surface area contributed by atoms with Gasteiger partial charge in [0.15, 0.2) is 5.82 Å². The lowest BCUT2D eigenvalue weighted by Gasteiger charge is -2.33. The predicted octanol–water partition coefficient (Wildman–Crippen LogP) is 1.80. The molecule has 0 bridgehead atoms. The van der Waals surface area contributed by atoms with Crippen LogP contribution in [0.4, 0.5) is 11.5 Å². The number of nitrogens with one attached hydrogen (secondary N) is 2. The number of aromatic nitrogens is 2. The Balaban J connectivity index is 1.85. The highest BCUT2D eigenvalue weighted by Crippen LogP contribution is 2.36. The molecule has 2 N–H and O–H groups in total. The first-order valence-corrected chi connectivity index (χ1v) is 6.76. The molecule has 1 fully saturated rings. The summed E-state index contributed by atoms with van der Waals surface area (Å²) in [6, 6.07) is -0.188. The number of nitrogens with zero attached hydrogens (tertiary/aromatic N) is 2. The van der Waals surface area contributed by atoms with Gasteiger partial charge in [0, 0.05) is 0 Å². The van der Waals surface area contributed by atoms with Crippen molar-refractivity contribution >= 4 is 17.4 Å². The van der Waals surface area contributed by atoms with Crippen molar-refractivity contribution in [2.45, 2.75) is 38.1 Å². The van der Waals surface area contributed by atoms with Crippen molar-refractivity contribution in [2.75, 3.05) is 17.7 Å². The predicted molar refractivity (Wildman–Crippen MR) is 71.2 cm³/mol. The van der Waals surface area contributed by atoms with Gasteiger partial charge in [-0.25, -0.2) is 4.98 Å². The fraction of sp³-hybridized carbons (Fsp3) is 0.615. The topological polar surface area (TPSA) is 76.1 Å². The van der Waals surface area contributed by atoms with Crippen molar-refractivity contribution in [2.24, 2.45) is 5.92 Å². The van der Waals surface area contributed by atoms with Gasteiger partial charge in [-0.2, -0.15) is 4.98 Å². The van der Waals surface area contributed by atoms with Crippen LogP contribution in [0.25, 0.3) is 0 Å². The zero-order valence-corrected chi connectivity index (χ0v) is 11.0. The minimum absolute atomic E-state index is 0.00694. The van der Waals surface area contributed by atoms with E-state index in [0.717, 1.165) is 12.8 Å². The minimum Gasteiger partial charge on any atom is -0.479 e. The Bertz CT molecular complexity index is 486. The number of methoxy groups -OCH3 is 1. The number of ether oxygens (including phenoxy) is 1. The molecule has 6 heteroatoms. The summed E-state index contributed by atoms with van der Waals surface area (Å²) in [6.07, 6.45) is 7.33. The number of fused-ring (bicyclic) bond motifs is 1. The molecule has 0 spiro atoms. The summed E-state index contributed by atoms with van der Waals surface area (Å²) in [4.78, 5) is 20.4. The Hall–Kier alpha value is -1.85. The van der Waals surface area contributed by atoms with Gasteiger partial charge in [0.2, 0.25) is 11.8 Å². The maximum atomic E-state index is 12.2. The molecular formula is C13H18N4O2. The smallest absolute Gasteiger partial charge is 0.247 e. The van der Waals surface area contributed by atoms with Crippen molar-refractivity contribution in [3.63, 3.8) is 0 Å². The van der Waals surface area contributed by atoms with Gasteiger partial charge in [-0.3, -0.25) is 4.79 Å². The number of anilines is 2. The fourth-order valence-electron chi connectivity index (χ4n) is 2.96. The maximum Gasteiger partial charge on any atom is 0.247 e. The first kappa shape index (κ1) is 12.2. The van der Waals surface area contributed by atoms with E-state index in [0.29, 0.717) is 23.3 Å². The molecule has 19 heavy (non-hydrogen) atoms. The van der Waals surface area contributed by atoms with Gasteiger partial charge in [0.05, 0.1) is 7.11 Å². The lowest BCUT2D eigenvalue weighted by molar-refractivity contribution is -0.118. The first-order valence-electron chi connectivity index (χ1n) is 6.76. The van der Waals surface area contributed by atoms with Gasteiger partial charge < -0.3 is 15.4 Å². The Morgan fingerprint density at radius 3 is 2.79 bits per heavy atom. The van der Waals surface area contributed by atoms with Crippen molar-refractivity contribution in [1.82, 2.24) is 9.97 Å². The highest BCUT2D eigenvalue weighted by atomic mass is 16.5. The van der Waals surface area contributed by atoms with Gasteiger partial charge in [0.25, 0.3) is 0 Å². The van der Waals surface area contributed by atoms with Crippen LogP contribution < -0.4 is 15.4 Å². The summed E-state index contributed by atoms with van der Waals surface area (Å²) in [5, 5.41) is 6.12. The van der Waals surface area contributed by atoms with Crippen LogP contribution in [-0.4, -0.2) is 29.0 Å². The van der Waals surface area contributed by atoms with E-state index in [2.05, 4.69) is 20.6 Å². The molecule has 2 aliphatic rings. The third kappa shape index (κ3) is 2.22. The number of hydrogen-bond donors (Lipinski definition) is 2. The van der Waals surface area contributed by atoms with Crippen molar-refractivity contribution in [3.05, 3.63) is 6.33 Å². The van der Waals surface area contributed by atoms with E-state index >= 15 is 0 Å². The summed E-state index contributed by atoms with van der Waals surface area (Å²) in [6.45, 7) is 0. The monoisotopic (exact) mass is 262 g/mol. The van der Waals surface area contributed by atoms with Crippen LogP contribution in [0.2, 0.25) is 0 Å². The standard InChI is InChI=1S/C13H18N4O2/c1-19-13-10-11(14-7-15-13)16-9(12(18)17-10)8-5-3-2-4-6-8/h7-9H,2-6H2,1H3,(H,17,18)(H,14,15,16). The number of hydrogen-bond acceptors (Lipinski definition) is 5. The van der Waals surface area contributed by atoms with Gasteiger partial charge in [-0.1, -0.05) is 19.3 Å². The Morgan fingerprint density at radius 2 is 2.05 bits per heavy atom. The summed E-state index contributed by atoms with van der Waals surface area (Å²) >= 11 is 0. The van der Waals surface area contributed by atoms with E-state index in [-0.39, 0.29) is 11.9 Å². The zero-order chi connectivity index (χ0) is 13.2. The Kier molecular flexibility index (Phi) is 3.23. The molecule has 1 aliphatic carbocycles. The van der Waals surface area contributed by atoms with E-state index in [1.54, 1.807) is 0 Å². The minimum atomic E-state index is -0.188. The second-order valence-corrected chi connectivity index (χ2v) is 5.12. The number of rotatable bonds is 2. The van der Waals surface area contributed by atoms with Gasteiger partial charge in [-0.15, -0.1) is 0 Å². The van der Waals surface area contributed by atoms with E-state index < -0.39 is 0 Å². The molecule has 1 unspecified atom stereocenters. The molecule has 1 aromatic rings. The van der Waals surface area contributed by atoms with Crippen LogP contribution in [0.5, 0.6) is 5.88 Å². The average molecular weight is 262 g/mol. The van der Waals surface area contributed by atoms with E-state index in [9.17, 15) is 4.79 Å². The summed E-state index contributed by atoms with van der Waals surface area (Å²) in [5.74, 6) is 1.44. The molecule has 0 saturated heterocycles. The zero-order valence-electron chi connectivity index (χ0n) is 11.0. The van der Waals surface area contributed by atoms with Crippen LogP contribution >= 0.6 is 0 Å². The Morgan fingerprint density at radius 1 is 1.26 bits per heavy atom. The van der Waals surface area contributed by atoms with E-state index in [4.69, 9.17) is 4.74 Å². The van der Waals surface area contributed by atoms with Crippen LogP contribution in [0.1, 0.15) is 32.1 Å². The van der Waals surface area contributed by atoms with E-state index in [1.807, 2.05) is 0 Å². The maximum absolute atomic E-state index is 12.2. The molecule has 0 aromatic carbocycles. The number of carbonyl (C=O) groups is 1. The second kappa shape index (κ2) is 5.03. The molecule has 3 rings (SSSR count). The number of amides is 1. The van der Waals surface area contributed by atoms with Crippen molar-refractivity contribution < 1.29 is 9.53 Å². The third-order valence-electron chi connectivity index (χ3n) is 3.95. The highest BCUT2D eigenvalue weighted by molar-refractivity contribution is 6.03. The largest absolute Gasteiger partial charge is 0.479 e. The second-order valence-electron chi connectivity index (χ2n) is 5.12. The Labute approximate surface area is 112 Å². The first-order chi connectivity index (χ1) is 9.29. The van der Waals surface area contributed by atoms with Gasteiger partial charge >= 0.3 is 0 Å². The van der Waals surface area contributed by atoms with Crippen LogP contribution in [0.3, 0.4) is 0 Å². The van der Waals surface area contributed by atoms with Gasteiger partial charge in [-0.05, 0) is 18.8 Å². The summed E-state index contributed by atoms with van der Waals surface area (Å²) in [7, 11) is 1.53. The fourth-order valence-corrected chi connectivity index (χ4v) is 2.96. The molecule has 1 amide bonds. The highest BCUT2D eigenvalue weighted by Gasteiger charge is 2.35. The molecule has 6 nitrogen and oxygen atoms in total. The summed E-state index contributed by atoms with van der Waals surface area (Å²) < 4.78 is 5.14. The van der Waals surface area contributed by atoms with Crippen LogP contribution in [0.15, 0.2) is 6.33 Å². The molecule has 1 aliphatic heterocycles. The van der Waals surface area contributed by atoms with Crippen molar-refractivity contribution in [3.8, 4) is 5.88 Å². The van der Waals surface area contributed by atoms with Crippen LogP contribution in [0, 0.1) is 5.92 Å². The molecule has 1 saturated carbocycles. The molecule has 0 radical (unpaired) electrons.